The van der Waals surface area contributed by atoms with E-state index in [4.69, 9.17) is 5.10 Å². The highest BCUT2D eigenvalue weighted by molar-refractivity contribution is 9.09. The van der Waals surface area contributed by atoms with E-state index in [1.165, 1.54) is 32.1 Å². The number of para-hydroxylation sites is 2. The summed E-state index contributed by atoms with van der Waals surface area (Å²) < 4.78 is 0. The van der Waals surface area contributed by atoms with Crippen LogP contribution in [-0.2, 0) is 0 Å². The van der Waals surface area contributed by atoms with Crippen LogP contribution in [0.5, 0.6) is 0 Å². The highest BCUT2D eigenvalue weighted by atomic mass is 79.9. The van der Waals surface area contributed by atoms with Gasteiger partial charge in [-0.3, -0.25) is 0 Å². The first-order valence-electron chi connectivity index (χ1n) is 9.41. The van der Waals surface area contributed by atoms with Crippen LogP contribution in [0.2, 0.25) is 0 Å². The maximum Gasteiger partial charge on any atom is 0.0652 e. The van der Waals surface area contributed by atoms with Crippen molar-refractivity contribution in [3.05, 3.63) is 60.7 Å². The summed E-state index contributed by atoms with van der Waals surface area (Å²) in [5, 5.41) is 6.79. The average molecular weight is 399 g/mol. The summed E-state index contributed by atoms with van der Waals surface area (Å²) >= 11 is 3.92. The summed E-state index contributed by atoms with van der Waals surface area (Å²) in [4.78, 5) is 0.626. The lowest BCUT2D eigenvalue weighted by molar-refractivity contribution is 0.346. The molecule has 2 aromatic carbocycles. The third-order valence-electron chi connectivity index (χ3n) is 4.93. The topological polar surface area (TPSA) is 15.6 Å². The lowest BCUT2D eigenvalue weighted by atomic mass is 9.86. The quantitative estimate of drug-likeness (QED) is 0.280. The van der Waals surface area contributed by atoms with Crippen molar-refractivity contribution in [3.63, 3.8) is 0 Å². The lowest BCUT2D eigenvalue weighted by Gasteiger charge is -2.26. The highest BCUT2D eigenvalue weighted by Crippen LogP contribution is 2.32. The van der Waals surface area contributed by atoms with E-state index < -0.39 is 0 Å². The SMILES string of the molecule is BrC(CC/C=N/N(c1ccccc1)c1ccccc1)C1CCCCC1. The van der Waals surface area contributed by atoms with Crippen LogP contribution >= 0.6 is 15.9 Å². The number of hydrazone groups is 1. The molecule has 0 amide bonds. The van der Waals surface area contributed by atoms with Gasteiger partial charge in [-0.2, -0.15) is 5.10 Å². The van der Waals surface area contributed by atoms with Crippen LogP contribution < -0.4 is 5.01 Å². The first-order chi connectivity index (χ1) is 12.3. The second kappa shape index (κ2) is 9.76. The van der Waals surface area contributed by atoms with Crippen molar-refractivity contribution in [1.82, 2.24) is 0 Å². The van der Waals surface area contributed by atoms with Crippen LogP contribution in [0.25, 0.3) is 0 Å². The van der Waals surface area contributed by atoms with Gasteiger partial charge in [0.25, 0.3) is 0 Å². The fraction of sp³-hybridized carbons (Fsp3) is 0.409. The molecule has 1 saturated carbocycles. The molecule has 0 N–H and O–H groups in total. The van der Waals surface area contributed by atoms with Crippen molar-refractivity contribution >= 4 is 33.5 Å². The molecule has 1 aliphatic carbocycles. The van der Waals surface area contributed by atoms with Crippen LogP contribution in [0.1, 0.15) is 44.9 Å². The minimum atomic E-state index is 0.626. The third kappa shape index (κ3) is 5.43. The van der Waals surface area contributed by atoms with E-state index in [9.17, 15) is 0 Å². The van der Waals surface area contributed by atoms with E-state index in [2.05, 4.69) is 70.7 Å². The molecule has 1 fully saturated rings. The molecule has 0 aliphatic heterocycles. The number of rotatable bonds is 7. The van der Waals surface area contributed by atoms with Gasteiger partial charge in [-0.15, -0.1) is 0 Å². The molecular weight excluding hydrogens is 372 g/mol. The van der Waals surface area contributed by atoms with E-state index in [1.54, 1.807) is 0 Å². The number of hydrogen-bond donors (Lipinski definition) is 0. The standard InChI is InChI=1S/C22H27BrN2/c23-22(19-11-4-1-5-12-19)17-10-18-24-25(20-13-6-2-7-14-20)21-15-8-3-9-16-21/h2-3,6-9,13-16,18-19,22H,1,4-5,10-12,17H2/b24-18+. The van der Waals surface area contributed by atoms with Gasteiger partial charge in [0.1, 0.15) is 0 Å². The largest absolute Gasteiger partial charge is 0.234 e. The number of nitrogens with zero attached hydrogens (tertiary/aromatic N) is 2. The zero-order valence-electron chi connectivity index (χ0n) is 14.7. The zero-order valence-corrected chi connectivity index (χ0v) is 16.3. The molecule has 132 valence electrons. The van der Waals surface area contributed by atoms with Crippen LogP contribution in [0.3, 0.4) is 0 Å². The highest BCUT2D eigenvalue weighted by Gasteiger charge is 2.20. The van der Waals surface area contributed by atoms with Crippen molar-refractivity contribution < 1.29 is 0 Å². The fourth-order valence-electron chi connectivity index (χ4n) is 3.53. The molecule has 0 spiro atoms. The second-order valence-corrected chi connectivity index (χ2v) is 7.95. The summed E-state index contributed by atoms with van der Waals surface area (Å²) in [6.07, 6.45) is 11.2. The maximum atomic E-state index is 4.77. The predicted molar refractivity (Wildman–Crippen MR) is 112 cm³/mol. The first kappa shape index (κ1) is 18.2. The van der Waals surface area contributed by atoms with Gasteiger partial charge in [0.05, 0.1) is 11.4 Å². The molecule has 0 saturated heterocycles. The molecule has 25 heavy (non-hydrogen) atoms. The van der Waals surface area contributed by atoms with Gasteiger partial charge in [0.15, 0.2) is 0 Å². The number of halogens is 1. The number of anilines is 2. The minimum absolute atomic E-state index is 0.626. The number of benzene rings is 2. The molecule has 3 heteroatoms. The van der Waals surface area contributed by atoms with Gasteiger partial charge < -0.3 is 0 Å². The fourth-order valence-corrected chi connectivity index (χ4v) is 4.32. The third-order valence-corrected chi connectivity index (χ3v) is 6.14. The van der Waals surface area contributed by atoms with Gasteiger partial charge in [-0.25, -0.2) is 5.01 Å². The van der Waals surface area contributed by atoms with Gasteiger partial charge in [-0.1, -0.05) is 71.6 Å². The van der Waals surface area contributed by atoms with Crippen LogP contribution in [0, 0.1) is 5.92 Å². The Kier molecular flexibility index (Phi) is 7.10. The first-order valence-corrected chi connectivity index (χ1v) is 10.3. The van der Waals surface area contributed by atoms with E-state index in [0.29, 0.717) is 4.83 Å². The molecule has 1 aliphatic rings. The van der Waals surface area contributed by atoms with Crippen LogP contribution in [0.15, 0.2) is 65.8 Å². The second-order valence-electron chi connectivity index (χ2n) is 6.77. The van der Waals surface area contributed by atoms with E-state index in [1.807, 2.05) is 17.1 Å². The summed E-state index contributed by atoms with van der Waals surface area (Å²) in [6, 6.07) is 20.7. The Bertz CT molecular complexity index is 596. The molecular formula is C22H27BrN2. The smallest absolute Gasteiger partial charge is 0.0652 e. The van der Waals surface area contributed by atoms with Gasteiger partial charge >= 0.3 is 0 Å². The summed E-state index contributed by atoms with van der Waals surface area (Å²) in [6.45, 7) is 0. The molecule has 0 aromatic heterocycles. The predicted octanol–water partition coefficient (Wildman–Crippen LogP) is 6.93. The Hall–Kier alpha value is -1.61. The summed E-state index contributed by atoms with van der Waals surface area (Å²) in [7, 11) is 0. The summed E-state index contributed by atoms with van der Waals surface area (Å²) in [5.74, 6) is 0.849. The molecule has 3 rings (SSSR count). The molecule has 2 nitrogen and oxygen atoms in total. The normalized spacial score (nSPS) is 16.8. The van der Waals surface area contributed by atoms with Crippen molar-refractivity contribution in [2.75, 3.05) is 5.01 Å². The Morgan fingerprint density at radius 1 is 0.920 bits per heavy atom. The molecule has 2 aromatic rings. The zero-order chi connectivity index (χ0) is 17.3. The van der Waals surface area contributed by atoms with Crippen LogP contribution in [-0.4, -0.2) is 11.0 Å². The lowest BCUT2D eigenvalue weighted by Crippen LogP contribution is -2.18. The molecule has 0 radical (unpaired) electrons. The van der Waals surface area contributed by atoms with E-state index in [-0.39, 0.29) is 0 Å². The van der Waals surface area contributed by atoms with Gasteiger partial charge in [0, 0.05) is 11.0 Å². The van der Waals surface area contributed by atoms with Crippen LogP contribution in [0.4, 0.5) is 11.4 Å². The van der Waals surface area contributed by atoms with Crippen molar-refractivity contribution in [3.8, 4) is 0 Å². The van der Waals surface area contributed by atoms with E-state index >= 15 is 0 Å². The van der Waals surface area contributed by atoms with Gasteiger partial charge in [-0.05, 0) is 55.9 Å². The monoisotopic (exact) mass is 398 g/mol. The van der Waals surface area contributed by atoms with Crippen molar-refractivity contribution in [1.29, 1.82) is 0 Å². The molecule has 0 bridgehead atoms. The average Bonchev–Trinajstić information content (AvgIpc) is 2.70. The Labute approximate surface area is 160 Å². The molecule has 0 heterocycles. The minimum Gasteiger partial charge on any atom is -0.234 e. The van der Waals surface area contributed by atoms with Gasteiger partial charge in [0.2, 0.25) is 0 Å². The molecule has 1 unspecified atom stereocenters. The molecule has 1 atom stereocenters. The van der Waals surface area contributed by atoms with E-state index in [0.717, 1.165) is 30.1 Å². The Morgan fingerprint density at radius 3 is 2.04 bits per heavy atom. The summed E-state index contributed by atoms with van der Waals surface area (Å²) in [5.41, 5.74) is 2.18. The number of hydrogen-bond acceptors (Lipinski definition) is 2. The van der Waals surface area contributed by atoms with Crippen molar-refractivity contribution in [2.45, 2.75) is 49.8 Å². The Balaban J connectivity index is 1.61. The Morgan fingerprint density at radius 2 is 1.48 bits per heavy atom. The number of alkyl halides is 1. The maximum absolute atomic E-state index is 4.77. The van der Waals surface area contributed by atoms with Crippen molar-refractivity contribution in [2.24, 2.45) is 11.0 Å².